The van der Waals surface area contributed by atoms with E-state index >= 15 is 0 Å². The van der Waals surface area contributed by atoms with Crippen LogP contribution in [0.15, 0.2) is 24.3 Å². The topological polar surface area (TPSA) is 38.1 Å². The van der Waals surface area contributed by atoms with Crippen molar-refractivity contribution in [1.82, 2.24) is 14.7 Å². The molecule has 1 aliphatic rings. The molecular weight excluding hydrogens is 343 g/mol. The van der Waals surface area contributed by atoms with Crippen LogP contribution in [0.25, 0.3) is 5.69 Å². The molecule has 0 aliphatic heterocycles. The van der Waals surface area contributed by atoms with Crippen LogP contribution in [0, 0.1) is 0 Å². The number of hydrogen-bond donors (Lipinski definition) is 0. The third kappa shape index (κ3) is 3.76. The molecule has 0 saturated heterocycles. The SMILES string of the molecule is CN(C)C(=O)CCc1ccc(-n2nc(C(F)(F)F)c3c2CCCC3)cc1. The molecule has 2 aromatic rings. The molecule has 26 heavy (non-hydrogen) atoms. The molecule has 1 amide bonds. The van der Waals surface area contributed by atoms with Gasteiger partial charge >= 0.3 is 6.18 Å². The van der Waals surface area contributed by atoms with Crippen LogP contribution in [0.5, 0.6) is 0 Å². The maximum Gasteiger partial charge on any atom is 0.435 e. The number of aryl methyl sites for hydroxylation is 1. The van der Waals surface area contributed by atoms with Crippen molar-refractivity contribution in [3.63, 3.8) is 0 Å². The lowest BCUT2D eigenvalue weighted by Gasteiger charge is -2.15. The minimum Gasteiger partial charge on any atom is -0.349 e. The molecule has 1 aliphatic carbocycles. The number of halogens is 3. The van der Waals surface area contributed by atoms with Gasteiger partial charge in [0.25, 0.3) is 0 Å². The van der Waals surface area contributed by atoms with Crippen molar-refractivity contribution in [2.75, 3.05) is 14.1 Å². The van der Waals surface area contributed by atoms with Crippen molar-refractivity contribution >= 4 is 5.91 Å². The van der Waals surface area contributed by atoms with E-state index in [4.69, 9.17) is 0 Å². The highest BCUT2D eigenvalue weighted by atomic mass is 19.4. The number of aromatic nitrogens is 2. The summed E-state index contributed by atoms with van der Waals surface area (Å²) in [5, 5.41) is 3.89. The van der Waals surface area contributed by atoms with Crippen LogP contribution in [0.2, 0.25) is 0 Å². The third-order valence-electron chi connectivity index (χ3n) is 4.76. The highest BCUT2D eigenvalue weighted by Gasteiger charge is 2.39. The van der Waals surface area contributed by atoms with Crippen molar-refractivity contribution in [3.8, 4) is 5.69 Å². The second kappa shape index (κ2) is 7.13. The molecule has 3 rings (SSSR count). The summed E-state index contributed by atoms with van der Waals surface area (Å²) in [7, 11) is 3.43. The van der Waals surface area contributed by atoms with Gasteiger partial charge in [-0.2, -0.15) is 18.3 Å². The highest BCUT2D eigenvalue weighted by molar-refractivity contribution is 5.75. The van der Waals surface area contributed by atoms with Gasteiger partial charge in [-0.15, -0.1) is 0 Å². The van der Waals surface area contributed by atoms with Crippen molar-refractivity contribution in [1.29, 1.82) is 0 Å². The van der Waals surface area contributed by atoms with E-state index < -0.39 is 11.9 Å². The normalized spacial score (nSPS) is 14.2. The Hall–Kier alpha value is -2.31. The fourth-order valence-electron chi connectivity index (χ4n) is 3.32. The summed E-state index contributed by atoms with van der Waals surface area (Å²) in [6.07, 6.45) is -0.753. The number of carbonyl (C=O) groups excluding carboxylic acids is 1. The van der Waals surface area contributed by atoms with E-state index in [1.54, 1.807) is 31.1 Å². The van der Waals surface area contributed by atoms with E-state index in [1.165, 1.54) is 4.68 Å². The summed E-state index contributed by atoms with van der Waals surface area (Å²) in [6, 6.07) is 7.25. The van der Waals surface area contributed by atoms with Gasteiger partial charge in [0, 0.05) is 31.8 Å². The van der Waals surface area contributed by atoms with Crippen LogP contribution in [-0.4, -0.2) is 34.7 Å². The fraction of sp³-hybridized carbons (Fsp3) is 0.474. The van der Waals surface area contributed by atoms with Gasteiger partial charge < -0.3 is 4.90 Å². The van der Waals surface area contributed by atoms with Gasteiger partial charge in [-0.3, -0.25) is 4.79 Å². The zero-order valence-corrected chi connectivity index (χ0v) is 14.9. The molecule has 0 spiro atoms. The highest BCUT2D eigenvalue weighted by Crippen LogP contribution is 2.36. The molecule has 0 radical (unpaired) electrons. The molecule has 0 bridgehead atoms. The molecule has 0 fully saturated rings. The number of benzene rings is 1. The summed E-state index contributed by atoms with van der Waals surface area (Å²) in [6.45, 7) is 0. The van der Waals surface area contributed by atoms with Crippen molar-refractivity contribution in [2.24, 2.45) is 0 Å². The number of carbonyl (C=O) groups is 1. The molecule has 1 aromatic carbocycles. The zero-order chi connectivity index (χ0) is 18.9. The standard InChI is InChI=1S/C19H22F3N3O/c1-24(2)17(26)12-9-13-7-10-14(11-8-13)25-16-6-4-3-5-15(16)18(23-25)19(20,21)22/h7-8,10-11H,3-6,9,12H2,1-2H3. The minimum atomic E-state index is -4.43. The second-order valence-corrected chi connectivity index (χ2v) is 6.85. The number of nitrogens with zero attached hydrogens (tertiary/aromatic N) is 3. The lowest BCUT2D eigenvalue weighted by atomic mass is 9.95. The van der Waals surface area contributed by atoms with E-state index in [9.17, 15) is 18.0 Å². The Bertz CT molecular complexity index is 792. The zero-order valence-electron chi connectivity index (χ0n) is 14.9. The van der Waals surface area contributed by atoms with E-state index in [0.717, 1.165) is 18.4 Å². The van der Waals surface area contributed by atoms with Crippen molar-refractivity contribution in [3.05, 3.63) is 46.8 Å². The van der Waals surface area contributed by atoms with Crippen molar-refractivity contribution in [2.45, 2.75) is 44.7 Å². The molecule has 7 heteroatoms. The molecule has 0 N–H and O–H groups in total. The minimum absolute atomic E-state index is 0.0463. The summed E-state index contributed by atoms with van der Waals surface area (Å²) in [5.74, 6) is 0.0463. The Kier molecular flexibility index (Phi) is 5.07. The van der Waals surface area contributed by atoms with Crippen LogP contribution in [0.4, 0.5) is 13.2 Å². The second-order valence-electron chi connectivity index (χ2n) is 6.85. The molecule has 4 nitrogen and oxygen atoms in total. The fourth-order valence-corrected chi connectivity index (χ4v) is 3.32. The number of alkyl halides is 3. The quantitative estimate of drug-likeness (QED) is 0.827. The van der Waals surface area contributed by atoms with E-state index in [-0.39, 0.29) is 5.91 Å². The Morgan fingerprint density at radius 3 is 2.42 bits per heavy atom. The first kappa shape index (κ1) is 18.5. The summed E-state index contributed by atoms with van der Waals surface area (Å²) in [4.78, 5) is 13.2. The third-order valence-corrected chi connectivity index (χ3v) is 4.76. The molecule has 1 aromatic heterocycles. The molecule has 0 atom stereocenters. The van der Waals surface area contributed by atoms with Gasteiger partial charge in [-0.1, -0.05) is 12.1 Å². The van der Waals surface area contributed by atoms with E-state index in [2.05, 4.69) is 5.10 Å². The van der Waals surface area contributed by atoms with Crippen molar-refractivity contribution < 1.29 is 18.0 Å². The maximum absolute atomic E-state index is 13.3. The van der Waals surface area contributed by atoms with Gasteiger partial charge in [0.2, 0.25) is 5.91 Å². The predicted molar refractivity (Wildman–Crippen MR) is 92.2 cm³/mol. The van der Waals surface area contributed by atoms with Crippen LogP contribution in [0.1, 0.15) is 41.8 Å². The first-order chi connectivity index (χ1) is 12.3. The molecule has 0 unspecified atom stereocenters. The van der Waals surface area contributed by atoms with Crippen LogP contribution >= 0.6 is 0 Å². The summed E-state index contributed by atoms with van der Waals surface area (Å²) < 4.78 is 41.3. The summed E-state index contributed by atoms with van der Waals surface area (Å²) >= 11 is 0. The molecule has 1 heterocycles. The van der Waals surface area contributed by atoms with Gasteiger partial charge in [-0.25, -0.2) is 4.68 Å². The largest absolute Gasteiger partial charge is 0.435 e. The number of amides is 1. The molecular formula is C19H22F3N3O. The lowest BCUT2D eigenvalue weighted by Crippen LogP contribution is -2.21. The van der Waals surface area contributed by atoms with Gasteiger partial charge in [0.15, 0.2) is 5.69 Å². The number of fused-ring (bicyclic) bond motifs is 1. The molecule has 0 saturated carbocycles. The first-order valence-electron chi connectivity index (χ1n) is 8.75. The lowest BCUT2D eigenvalue weighted by molar-refractivity contribution is -0.142. The van der Waals surface area contributed by atoms with Gasteiger partial charge in [-0.05, 0) is 49.8 Å². The van der Waals surface area contributed by atoms with Gasteiger partial charge in [0.1, 0.15) is 0 Å². The Morgan fingerprint density at radius 1 is 1.15 bits per heavy atom. The van der Waals surface area contributed by atoms with Gasteiger partial charge in [0.05, 0.1) is 5.69 Å². The predicted octanol–water partition coefficient (Wildman–Crippen LogP) is 3.79. The maximum atomic E-state index is 13.3. The number of rotatable bonds is 4. The molecule has 140 valence electrons. The Labute approximate surface area is 150 Å². The Morgan fingerprint density at radius 2 is 1.81 bits per heavy atom. The smallest absolute Gasteiger partial charge is 0.349 e. The monoisotopic (exact) mass is 365 g/mol. The Balaban J connectivity index is 1.85. The van der Waals surface area contributed by atoms with Crippen LogP contribution in [0.3, 0.4) is 0 Å². The van der Waals surface area contributed by atoms with E-state index in [1.807, 2.05) is 12.1 Å². The van der Waals surface area contributed by atoms with Crippen LogP contribution < -0.4 is 0 Å². The van der Waals surface area contributed by atoms with E-state index in [0.29, 0.717) is 42.6 Å². The summed E-state index contributed by atoms with van der Waals surface area (Å²) in [5.41, 5.74) is 1.85. The average molecular weight is 365 g/mol. The average Bonchev–Trinajstić information content (AvgIpc) is 3.00. The first-order valence-corrected chi connectivity index (χ1v) is 8.75. The van der Waals surface area contributed by atoms with Crippen LogP contribution in [-0.2, 0) is 30.2 Å². The number of hydrogen-bond acceptors (Lipinski definition) is 2.